The molecule has 3 aliphatic heterocycles. The Bertz CT molecular complexity index is 2770. The van der Waals surface area contributed by atoms with Crippen LogP contribution in [0.4, 0.5) is 25.0 Å². The summed E-state index contributed by atoms with van der Waals surface area (Å²) in [5, 5.41) is 4.03. The van der Waals surface area contributed by atoms with E-state index in [1.165, 1.54) is 29.5 Å². The van der Waals surface area contributed by atoms with Crippen LogP contribution in [0, 0.1) is 11.6 Å². The van der Waals surface area contributed by atoms with E-state index in [-0.39, 0.29) is 41.9 Å². The molecule has 338 valence electrons. The lowest BCUT2D eigenvalue weighted by Crippen LogP contribution is -2.46. The third kappa shape index (κ3) is 8.22. The van der Waals surface area contributed by atoms with E-state index in [0.717, 1.165) is 59.1 Å². The monoisotopic (exact) mass is 910 g/mol. The predicted octanol–water partition coefficient (Wildman–Crippen LogP) is 8.29. The Morgan fingerprint density at radius 3 is 2.24 bits per heavy atom. The van der Waals surface area contributed by atoms with E-state index < -0.39 is 33.6 Å². The molecule has 3 aliphatic rings. The van der Waals surface area contributed by atoms with Gasteiger partial charge < -0.3 is 28.9 Å². The fourth-order valence-electron chi connectivity index (χ4n) is 9.14. The van der Waals surface area contributed by atoms with E-state index in [1.54, 1.807) is 24.7 Å². The molecule has 7 heterocycles. The first kappa shape index (κ1) is 43.1. The maximum atomic E-state index is 15.1. The first-order valence-corrected chi connectivity index (χ1v) is 23.6. The predicted molar refractivity (Wildman–Crippen MR) is 245 cm³/mol. The van der Waals surface area contributed by atoms with Gasteiger partial charge in [0.2, 0.25) is 0 Å². The lowest BCUT2D eigenvalue weighted by molar-refractivity contribution is -0.117. The summed E-state index contributed by atoms with van der Waals surface area (Å²) in [5.74, 6) is -0.241. The van der Waals surface area contributed by atoms with Crippen molar-refractivity contribution in [2.45, 2.75) is 53.4 Å². The number of aromatic nitrogens is 7. The van der Waals surface area contributed by atoms with Crippen LogP contribution < -0.4 is 14.5 Å². The zero-order valence-corrected chi connectivity index (χ0v) is 37.3. The van der Waals surface area contributed by atoms with E-state index in [1.807, 2.05) is 65.7 Å². The van der Waals surface area contributed by atoms with Crippen LogP contribution in [0.15, 0.2) is 150 Å². The van der Waals surface area contributed by atoms with Crippen molar-refractivity contribution in [3.63, 3.8) is 0 Å². The van der Waals surface area contributed by atoms with Crippen LogP contribution in [-0.2, 0) is 21.6 Å². The van der Waals surface area contributed by atoms with E-state index in [2.05, 4.69) is 72.9 Å². The van der Waals surface area contributed by atoms with Gasteiger partial charge in [-0.2, -0.15) is 5.10 Å². The van der Waals surface area contributed by atoms with Gasteiger partial charge in [0.1, 0.15) is 47.9 Å². The van der Waals surface area contributed by atoms with E-state index in [4.69, 9.17) is 19.2 Å². The molecule has 3 aromatic carbocycles. The molecule has 0 saturated carbocycles. The van der Waals surface area contributed by atoms with Crippen molar-refractivity contribution in [2.24, 2.45) is 0 Å². The van der Waals surface area contributed by atoms with Gasteiger partial charge in [-0.15, -0.1) is 0 Å². The molecule has 66 heavy (non-hydrogen) atoms. The number of rotatable bonds is 13. The highest BCUT2D eigenvalue weighted by Crippen LogP contribution is 2.75. The molecular formula is C49H48F2N10O4S. The van der Waals surface area contributed by atoms with E-state index >= 15 is 9.18 Å². The number of anilines is 2. The molecule has 0 N–H and O–H groups in total. The lowest BCUT2D eigenvalue weighted by Gasteiger charge is -2.40. The van der Waals surface area contributed by atoms with Gasteiger partial charge in [0.15, 0.2) is 12.1 Å². The molecule has 2 unspecified atom stereocenters. The lowest BCUT2D eigenvalue weighted by atomic mass is 9.94. The van der Waals surface area contributed by atoms with Crippen LogP contribution in [0.3, 0.4) is 0 Å². The molecule has 0 radical (unpaired) electrons. The normalized spacial score (nSPS) is 23.0. The van der Waals surface area contributed by atoms with Crippen molar-refractivity contribution < 1.29 is 27.8 Å². The molecule has 7 aromatic rings. The highest BCUT2D eigenvalue weighted by molar-refractivity contribution is 8.45. The third-order valence-electron chi connectivity index (χ3n) is 12.4. The second-order valence-electron chi connectivity index (χ2n) is 16.7. The van der Waals surface area contributed by atoms with Crippen molar-refractivity contribution in [3.05, 3.63) is 163 Å². The van der Waals surface area contributed by atoms with Crippen molar-refractivity contribution >= 4 is 26.6 Å². The van der Waals surface area contributed by atoms with Gasteiger partial charge in [-0.3, -0.25) is 9.78 Å². The van der Waals surface area contributed by atoms with E-state index in [9.17, 15) is 4.39 Å². The number of ether oxygens (including phenoxy) is 3. The van der Waals surface area contributed by atoms with Crippen molar-refractivity contribution in [3.8, 4) is 17.3 Å². The molecule has 0 spiro atoms. The summed E-state index contributed by atoms with van der Waals surface area (Å²) in [5.41, 5.74) is 2.57. The Labute approximate surface area is 382 Å². The van der Waals surface area contributed by atoms with Crippen LogP contribution in [-0.4, -0.2) is 103 Å². The summed E-state index contributed by atoms with van der Waals surface area (Å²) in [4.78, 5) is 46.2. The van der Waals surface area contributed by atoms with Gasteiger partial charge in [-0.25, -0.2) is 33.4 Å². The van der Waals surface area contributed by atoms with Gasteiger partial charge in [-0.1, -0.05) is 22.2 Å². The summed E-state index contributed by atoms with van der Waals surface area (Å²) in [6, 6.07) is 31.5. The molecule has 0 aliphatic carbocycles. The standard InChI is InChI=1S/C49H48F2N10O4S/c1-34(2)61-28-45(43-7-3-8-44(57-43)47-54-20-5-21-55-47)66(48(61)62,40-6-4-19-52-27-40)39-16-12-37(13-17-39)59-24-22-58(23-25-59)36-10-14-38(15-11-36)63-29-46-64-31-49(65-46,30-60-33-53-32-56-60)41-18-9-35(50)26-42(41)51/h3-21,26-27,32-34,45-46H,22-25,28-31H2,1-2H3/t45?,46-,49+/m0/s1. The van der Waals surface area contributed by atoms with Gasteiger partial charge in [0.25, 0.3) is 5.24 Å². The van der Waals surface area contributed by atoms with Crippen molar-refractivity contribution in [1.29, 1.82) is 0 Å². The minimum atomic E-state index is -2.38. The zero-order chi connectivity index (χ0) is 45.3. The maximum Gasteiger partial charge on any atom is 0.273 e. The number of benzene rings is 3. The molecule has 1 amide bonds. The Kier molecular flexibility index (Phi) is 11.9. The first-order valence-electron chi connectivity index (χ1n) is 21.9. The minimum Gasteiger partial charge on any atom is -0.488 e. The molecule has 3 fully saturated rings. The Hall–Kier alpha value is -6.82. The average Bonchev–Trinajstić information content (AvgIpc) is 4.10. The largest absolute Gasteiger partial charge is 0.488 e. The average molecular weight is 911 g/mol. The number of hydrogen-bond acceptors (Lipinski definition) is 12. The van der Waals surface area contributed by atoms with Crippen molar-refractivity contribution in [2.75, 3.05) is 55.7 Å². The molecule has 0 bridgehead atoms. The van der Waals surface area contributed by atoms with Gasteiger partial charge in [0, 0.05) is 96.3 Å². The highest BCUT2D eigenvalue weighted by Gasteiger charge is 2.54. The van der Waals surface area contributed by atoms with Crippen LogP contribution in [0.2, 0.25) is 0 Å². The SMILES string of the molecule is CC(C)N1CC(c2cccc(-c3ncccn3)n2)S(c2ccc(N3CCN(c4ccc(OC[C@H]5OC[C@](Cn6cncn6)(c6ccc(F)cc6F)O5)cc4)CC3)cc2)(c2cccnc2)C1=O. The molecule has 4 atom stereocenters. The zero-order valence-electron chi connectivity index (χ0n) is 36.4. The summed E-state index contributed by atoms with van der Waals surface area (Å²) < 4.78 is 48.7. The topological polar surface area (TPSA) is 137 Å². The molecule has 3 saturated heterocycles. The fraction of sp³-hybridized carbons (Fsp3) is 0.286. The molecule has 14 nitrogen and oxygen atoms in total. The second kappa shape index (κ2) is 18.2. The van der Waals surface area contributed by atoms with Crippen LogP contribution in [0.5, 0.6) is 5.75 Å². The van der Waals surface area contributed by atoms with E-state index in [0.29, 0.717) is 23.8 Å². The second-order valence-corrected chi connectivity index (χ2v) is 19.9. The Balaban J connectivity index is 0.815. The van der Waals surface area contributed by atoms with Gasteiger partial charge >= 0.3 is 0 Å². The number of amides is 1. The number of halogens is 2. The molecule has 10 rings (SSSR count). The molecule has 4 aromatic heterocycles. The summed E-state index contributed by atoms with van der Waals surface area (Å²) in [7, 11) is -2.38. The Morgan fingerprint density at radius 2 is 1.58 bits per heavy atom. The highest BCUT2D eigenvalue weighted by atomic mass is 32.3. The van der Waals surface area contributed by atoms with Crippen LogP contribution in [0.25, 0.3) is 11.5 Å². The smallest absolute Gasteiger partial charge is 0.273 e. The number of pyridine rings is 2. The summed E-state index contributed by atoms with van der Waals surface area (Å²) in [6.07, 6.45) is 9.10. The third-order valence-corrected chi connectivity index (χ3v) is 16.5. The summed E-state index contributed by atoms with van der Waals surface area (Å²) >= 11 is 0. The number of carbonyl (C=O) groups is 1. The van der Waals surface area contributed by atoms with Crippen molar-refractivity contribution in [1.82, 2.24) is 39.6 Å². The first-order chi connectivity index (χ1) is 32.2. The van der Waals surface area contributed by atoms with Crippen LogP contribution in [0.1, 0.15) is 30.4 Å². The quantitative estimate of drug-likeness (QED) is 0.110. The number of hydrogen-bond donors (Lipinski definition) is 0. The Morgan fingerprint density at radius 1 is 0.833 bits per heavy atom. The van der Waals surface area contributed by atoms with Gasteiger partial charge in [0.05, 0.1) is 24.1 Å². The minimum absolute atomic E-state index is 0.00596. The number of piperazine rings is 1. The molecular weight excluding hydrogens is 863 g/mol. The maximum absolute atomic E-state index is 15.1. The molecule has 17 heteroatoms. The number of nitrogens with zero attached hydrogens (tertiary/aromatic N) is 10. The fourth-order valence-corrected chi connectivity index (χ4v) is 13.3. The summed E-state index contributed by atoms with van der Waals surface area (Å²) in [6.45, 7) is 8.08. The van der Waals surface area contributed by atoms with Crippen LogP contribution >= 0.6 is 10.0 Å². The van der Waals surface area contributed by atoms with Gasteiger partial charge in [-0.05, 0) is 98.8 Å². The number of carbonyl (C=O) groups excluding carboxylic acids is 1.